The number of hydrogen-bond acceptors (Lipinski definition) is 5. The van der Waals surface area contributed by atoms with Gasteiger partial charge in [-0.25, -0.2) is 0 Å². The fourth-order valence-electron chi connectivity index (χ4n) is 2.07. The van der Waals surface area contributed by atoms with Crippen LogP contribution in [0.5, 0.6) is 17.2 Å². The second-order valence-electron chi connectivity index (χ2n) is 5.89. The van der Waals surface area contributed by atoms with E-state index in [9.17, 15) is 0 Å². The lowest BCUT2D eigenvalue weighted by atomic mass is 10.2. The highest BCUT2D eigenvalue weighted by Crippen LogP contribution is 2.28. The zero-order chi connectivity index (χ0) is 17.0. The molecule has 0 spiro atoms. The molecule has 23 heavy (non-hydrogen) atoms. The minimum Gasteiger partial charge on any atom is -0.489 e. The predicted molar refractivity (Wildman–Crippen MR) is 95.0 cm³/mol. The average Bonchev–Trinajstić information content (AvgIpc) is 2.52. The molecule has 0 aliphatic carbocycles. The summed E-state index contributed by atoms with van der Waals surface area (Å²) in [6.45, 7) is 4.19. The van der Waals surface area contributed by atoms with Gasteiger partial charge >= 0.3 is 0 Å². The van der Waals surface area contributed by atoms with Crippen molar-refractivity contribution in [2.24, 2.45) is 0 Å². The molecule has 0 fully saturated rings. The second-order valence-corrected chi connectivity index (χ2v) is 5.89. The van der Waals surface area contributed by atoms with Crippen molar-refractivity contribution in [1.29, 1.82) is 0 Å². The van der Waals surface area contributed by atoms with Crippen LogP contribution in [-0.4, -0.2) is 31.1 Å². The highest BCUT2D eigenvalue weighted by molar-refractivity contribution is 5.65. The van der Waals surface area contributed by atoms with Crippen LogP contribution in [0.15, 0.2) is 42.5 Å². The SMILES string of the molecule is CC(Oc1ccc(Oc2ccc(N)c(N)c2)cc1)C(C)N(C)C. The van der Waals surface area contributed by atoms with Crippen LogP contribution in [0.4, 0.5) is 11.4 Å². The van der Waals surface area contributed by atoms with Crippen molar-refractivity contribution < 1.29 is 9.47 Å². The molecule has 5 heteroatoms. The van der Waals surface area contributed by atoms with Crippen molar-refractivity contribution >= 4 is 11.4 Å². The fourth-order valence-corrected chi connectivity index (χ4v) is 2.07. The van der Waals surface area contributed by atoms with E-state index in [2.05, 4.69) is 18.7 Å². The number of nitrogens with two attached hydrogens (primary N) is 2. The number of rotatable bonds is 6. The minimum atomic E-state index is 0.0914. The van der Waals surface area contributed by atoms with Gasteiger partial charge in [0.25, 0.3) is 0 Å². The lowest BCUT2D eigenvalue weighted by Crippen LogP contribution is -2.37. The van der Waals surface area contributed by atoms with E-state index in [0.717, 1.165) is 11.5 Å². The van der Waals surface area contributed by atoms with Gasteiger partial charge in [-0.3, -0.25) is 0 Å². The maximum absolute atomic E-state index is 5.94. The third-order valence-corrected chi connectivity index (χ3v) is 3.93. The van der Waals surface area contributed by atoms with Crippen molar-refractivity contribution in [3.8, 4) is 17.2 Å². The Morgan fingerprint density at radius 2 is 1.39 bits per heavy atom. The highest BCUT2D eigenvalue weighted by atomic mass is 16.5. The van der Waals surface area contributed by atoms with Crippen LogP contribution >= 0.6 is 0 Å². The fraction of sp³-hybridized carbons (Fsp3) is 0.333. The number of likely N-dealkylation sites (N-methyl/N-ethyl adjacent to an activating group) is 1. The van der Waals surface area contributed by atoms with E-state index < -0.39 is 0 Å². The van der Waals surface area contributed by atoms with E-state index in [1.807, 2.05) is 38.4 Å². The lowest BCUT2D eigenvalue weighted by Gasteiger charge is -2.27. The smallest absolute Gasteiger partial charge is 0.129 e. The summed E-state index contributed by atoms with van der Waals surface area (Å²) in [5, 5.41) is 0. The molecular formula is C18H25N3O2. The molecular weight excluding hydrogens is 290 g/mol. The van der Waals surface area contributed by atoms with Gasteiger partial charge in [0.1, 0.15) is 23.4 Å². The van der Waals surface area contributed by atoms with Crippen LogP contribution in [0.3, 0.4) is 0 Å². The predicted octanol–water partition coefficient (Wildman–Crippen LogP) is 3.36. The van der Waals surface area contributed by atoms with Gasteiger partial charge in [-0.15, -0.1) is 0 Å². The molecule has 4 N–H and O–H groups in total. The molecule has 0 amide bonds. The number of nitrogens with zero attached hydrogens (tertiary/aromatic N) is 1. The first-order chi connectivity index (χ1) is 10.9. The number of ether oxygens (including phenoxy) is 2. The Labute approximate surface area is 137 Å². The van der Waals surface area contributed by atoms with Crippen LogP contribution in [-0.2, 0) is 0 Å². The first-order valence-electron chi connectivity index (χ1n) is 7.63. The maximum atomic E-state index is 5.94. The Kier molecular flexibility index (Phi) is 5.34. The first-order valence-corrected chi connectivity index (χ1v) is 7.63. The van der Waals surface area contributed by atoms with Gasteiger partial charge in [-0.05, 0) is 64.3 Å². The summed E-state index contributed by atoms with van der Waals surface area (Å²) in [7, 11) is 4.08. The maximum Gasteiger partial charge on any atom is 0.129 e. The van der Waals surface area contributed by atoms with Crippen molar-refractivity contribution in [2.45, 2.75) is 26.0 Å². The molecule has 2 unspecified atom stereocenters. The van der Waals surface area contributed by atoms with Crippen LogP contribution in [0, 0.1) is 0 Å². The molecule has 2 rings (SSSR count). The second kappa shape index (κ2) is 7.24. The highest BCUT2D eigenvalue weighted by Gasteiger charge is 2.15. The minimum absolute atomic E-state index is 0.0914. The Morgan fingerprint density at radius 1 is 0.826 bits per heavy atom. The molecule has 0 aliphatic heterocycles. The zero-order valence-corrected chi connectivity index (χ0v) is 14.1. The van der Waals surface area contributed by atoms with Gasteiger partial charge in [0.2, 0.25) is 0 Å². The normalized spacial score (nSPS) is 13.6. The topological polar surface area (TPSA) is 73.7 Å². The van der Waals surface area contributed by atoms with Crippen molar-refractivity contribution in [2.75, 3.05) is 25.6 Å². The summed E-state index contributed by atoms with van der Waals surface area (Å²) in [4.78, 5) is 2.13. The Balaban J connectivity index is 2.00. The van der Waals surface area contributed by atoms with Crippen molar-refractivity contribution in [3.63, 3.8) is 0 Å². The van der Waals surface area contributed by atoms with Crippen LogP contribution < -0.4 is 20.9 Å². The molecule has 0 bridgehead atoms. The van der Waals surface area contributed by atoms with Crippen LogP contribution in [0.2, 0.25) is 0 Å². The standard InChI is InChI=1S/C18H25N3O2/c1-12(21(3)4)13(2)22-14-5-7-15(8-6-14)23-16-9-10-17(19)18(20)11-16/h5-13H,19-20H2,1-4H3. The van der Waals surface area contributed by atoms with Gasteiger partial charge in [0.15, 0.2) is 0 Å². The third kappa shape index (κ3) is 4.53. The molecule has 5 nitrogen and oxygen atoms in total. The van der Waals surface area contributed by atoms with Gasteiger partial charge in [0.05, 0.1) is 11.4 Å². The van der Waals surface area contributed by atoms with Gasteiger partial charge < -0.3 is 25.8 Å². The van der Waals surface area contributed by atoms with Gasteiger partial charge in [-0.1, -0.05) is 0 Å². The summed E-state index contributed by atoms with van der Waals surface area (Å²) >= 11 is 0. The largest absolute Gasteiger partial charge is 0.489 e. The summed E-state index contributed by atoms with van der Waals surface area (Å²) in [5.41, 5.74) is 12.5. The van der Waals surface area contributed by atoms with E-state index in [1.165, 1.54) is 0 Å². The van der Waals surface area contributed by atoms with Gasteiger partial charge in [0, 0.05) is 12.1 Å². The third-order valence-electron chi connectivity index (χ3n) is 3.93. The monoisotopic (exact) mass is 315 g/mol. The summed E-state index contributed by atoms with van der Waals surface area (Å²) in [6, 6.07) is 13.1. The molecule has 0 radical (unpaired) electrons. The number of anilines is 2. The Bertz CT molecular complexity index is 641. The number of nitrogen functional groups attached to an aromatic ring is 2. The number of benzene rings is 2. The van der Waals surface area contributed by atoms with E-state index >= 15 is 0 Å². The van der Waals surface area contributed by atoms with Gasteiger partial charge in [-0.2, -0.15) is 0 Å². The molecule has 0 saturated carbocycles. The van der Waals surface area contributed by atoms with E-state index in [4.69, 9.17) is 20.9 Å². The Hall–Kier alpha value is -2.40. The van der Waals surface area contributed by atoms with Crippen molar-refractivity contribution in [3.05, 3.63) is 42.5 Å². The average molecular weight is 315 g/mol. The van der Waals surface area contributed by atoms with E-state index in [0.29, 0.717) is 23.2 Å². The quantitative estimate of drug-likeness (QED) is 0.800. The lowest BCUT2D eigenvalue weighted by molar-refractivity contribution is 0.121. The van der Waals surface area contributed by atoms with Crippen molar-refractivity contribution in [1.82, 2.24) is 4.90 Å². The first kappa shape index (κ1) is 17.0. The van der Waals surface area contributed by atoms with E-state index in [1.54, 1.807) is 18.2 Å². The molecule has 2 atom stereocenters. The molecule has 2 aromatic rings. The van der Waals surface area contributed by atoms with Crippen LogP contribution in [0.25, 0.3) is 0 Å². The molecule has 0 aliphatic rings. The molecule has 0 aromatic heterocycles. The van der Waals surface area contributed by atoms with E-state index in [-0.39, 0.29) is 6.10 Å². The summed E-state index contributed by atoms with van der Waals surface area (Å²) < 4.78 is 11.7. The summed E-state index contributed by atoms with van der Waals surface area (Å²) in [6.07, 6.45) is 0.0914. The molecule has 0 saturated heterocycles. The summed E-state index contributed by atoms with van der Waals surface area (Å²) in [5.74, 6) is 2.19. The Morgan fingerprint density at radius 3 is 1.96 bits per heavy atom. The van der Waals surface area contributed by atoms with Crippen LogP contribution in [0.1, 0.15) is 13.8 Å². The number of hydrogen-bond donors (Lipinski definition) is 2. The molecule has 2 aromatic carbocycles. The zero-order valence-electron chi connectivity index (χ0n) is 14.1. The molecule has 0 heterocycles. The molecule has 124 valence electrons.